The maximum absolute atomic E-state index is 6.06. The van der Waals surface area contributed by atoms with E-state index in [1.54, 1.807) is 0 Å². The lowest BCUT2D eigenvalue weighted by molar-refractivity contribution is -0.0816. The molecule has 1 heterocycles. The number of hydrogen-bond donors (Lipinski definition) is 0. The molecule has 2 aliphatic rings. The monoisotopic (exact) mass is 222 g/mol. The number of hydrogen-bond acceptors (Lipinski definition) is 1. The molecule has 1 nitrogen and oxygen atoms in total. The average molecular weight is 222 g/mol. The minimum absolute atomic E-state index is 0.209. The third kappa shape index (κ3) is 2.51. The van der Waals surface area contributed by atoms with Crippen molar-refractivity contribution in [1.29, 1.82) is 0 Å². The van der Waals surface area contributed by atoms with E-state index < -0.39 is 0 Å². The Morgan fingerprint density at radius 1 is 1.25 bits per heavy atom. The highest BCUT2D eigenvalue weighted by atomic mass is 16.5. The Bertz CT molecular complexity index is 274. The third-order valence-corrected chi connectivity index (χ3v) is 4.54. The van der Waals surface area contributed by atoms with Crippen LogP contribution in [0, 0.1) is 11.3 Å². The van der Waals surface area contributed by atoms with Gasteiger partial charge in [-0.3, -0.25) is 0 Å². The Kier molecular flexibility index (Phi) is 3.18. The summed E-state index contributed by atoms with van der Waals surface area (Å²) in [6.45, 7) is 10.2. The van der Waals surface area contributed by atoms with Crippen molar-refractivity contribution in [2.75, 3.05) is 6.61 Å². The van der Waals surface area contributed by atoms with Gasteiger partial charge in [0.1, 0.15) is 0 Å². The average Bonchev–Trinajstić information content (AvgIpc) is 2.16. The van der Waals surface area contributed by atoms with E-state index in [1.165, 1.54) is 37.7 Å². The lowest BCUT2D eigenvalue weighted by Crippen LogP contribution is -2.41. The van der Waals surface area contributed by atoms with E-state index in [0.29, 0.717) is 5.41 Å². The molecule has 1 fully saturated rings. The van der Waals surface area contributed by atoms with Crippen LogP contribution in [0.1, 0.15) is 59.8 Å². The zero-order chi connectivity index (χ0) is 11.8. The molecule has 0 unspecified atom stereocenters. The van der Waals surface area contributed by atoms with Crippen LogP contribution in [-0.4, -0.2) is 12.2 Å². The second-order valence-corrected chi connectivity index (χ2v) is 6.86. The predicted molar refractivity (Wildman–Crippen MR) is 68.5 cm³/mol. The van der Waals surface area contributed by atoms with Gasteiger partial charge in [-0.05, 0) is 50.4 Å². The van der Waals surface area contributed by atoms with Crippen molar-refractivity contribution in [2.24, 2.45) is 11.3 Å². The van der Waals surface area contributed by atoms with Crippen molar-refractivity contribution in [2.45, 2.75) is 65.4 Å². The fourth-order valence-electron chi connectivity index (χ4n) is 3.32. The first-order valence-corrected chi connectivity index (χ1v) is 6.71. The van der Waals surface area contributed by atoms with Crippen molar-refractivity contribution in [3.63, 3.8) is 0 Å². The molecule has 0 atom stereocenters. The standard InChI is InChI=1S/C15H26O/c1-12-7-10-16-15(11-12)8-5-13(6-9-15)14(2,3)4/h7,13H,5-6,8-11H2,1-4H3. The summed E-state index contributed by atoms with van der Waals surface area (Å²) in [5, 5.41) is 0. The topological polar surface area (TPSA) is 9.23 Å². The van der Waals surface area contributed by atoms with Crippen LogP contribution in [-0.2, 0) is 4.74 Å². The Labute approximate surface area is 100 Å². The van der Waals surface area contributed by atoms with Crippen molar-refractivity contribution in [3.05, 3.63) is 11.6 Å². The van der Waals surface area contributed by atoms with Crippen LogP contribution in [0.4, 0.5) is 0 Å². The van der Waals surface area contributed by atoms with E-state index in [4.69, 9.17) is 4.74 Å². The van der Waals surface area contributed by atoms with Gasteiger partial charge >= 0.3 is 0 Å². The lowest BCUT2D eigenvalue weighted by Gasteiger charge is -2.45. The van der Waals surface area contributed by atoms with Crippen molar-refractivity contribution >= 4 is 0 Å². The number of rotatable bonds is 0. The second kappa shape index (κ2) is 4.18. The Morgan fingerprint density at radius 3 is 2.38 bits per heavy atom. The second-order valence-electron chi connectivity index (χ2n) is 6.86. The first kappa shape index (κ1) is 12.2. The van der Waals surface area contributed by atoms with E-state index in [2.05, 4.69) is 33.8 Å². The molecule has 0 bridgehead atoms. The van der Waals surface area contributed by atoms with Crippen LogP contribution in [0.25, 0.3) is 0 Å². The first-order valence-electron chi connectivity index (χ1n) is 6.71. The van der Waals surface area contributed by atoms with E-state index in [9.17, 15) is 0 Å². The maximum Gasteiger partial charge on any atom is 0.0723 e. The van der Waals surface area contributed by atoms with Gasteiger partial charge < -0.3 is 4.74 Å². The Morgan fingerprint density at radius 2 is 1.88 bits per heavy atom. The highest BCUT2D eigenvalue weighted by Gasteiger charge is 2.40. The minimum Gasteiger partial charge on any atom is -0.371 e. The van der Waals surface area contributed by atoms with Crippen LogP contribution in [0.3, 0.4) is 0 Å². The van der Waals surface area contributed by atoms with Gasteiger partial charge in [-0.15, -0.1) is 0 Å². The summed E-state index contributed by atoms with van der Waals surface area (Å²) in [5.41, 5.74) is 2.21. The summed E-state index contributed by atoms with van der Waals surface area (Å²) in [7, 11) is 0. The largest absolute Gasteiger partial charge is 0.371 e. The van der Waals surface area contributed by atoms with Crippen molar-refractivity contribution in [3.8, 4) is 0 Å². The molecular weight excluding hydrogens is 196 g/mol. The molecule has 1 heteroatoms. The van der Waals surface area contributed by atoms with Gasteiger partial charge in [-0.2, -0.15) is 0 Å². The van der Waals surface area contributed by atoms with Gasteiger partial charge in [0.25, 0.3) is 0 Å². The fourth-order valence-corrected chi connectivity index (χ4v) is 3.32. The van der Waals surface area contributed by atoms with E-state index in [1.807, 2.05) is 0 Å². The molecule has 0 aromatic heterocycles. The zero-order valence-corrected chi connectivity index (χ0v) is 11.3. The van der Waals surface area contributed by atoms with Crippen molar-refractivity contribution in [1.82, 2.24) is 0 Å². The molecule has 92 valence electrons. The molecule has 1 aliphatic carbocycles. The summed E-state index contributed by atoms with van der Waals surface area (Å²) in [4.78, 5) is 0. The van der Waals surface area contributed by atoms with Gasteiger partial charge in [0.15, 0.2) is 0 Å². The summed E-state index contributed by atoms with van der Waals surface area (Å²) in [6, 6.07) is 0. The lowest BCUT2D eigenvalue weighted by atomic mass is 9.67. The maximum atomic E-state index is 6.06. The minimum atomic E-state index is 0.209. The number of ether oxygens (including phenoxy) is 1. The van der Waals surface area contributed by atoms with Gasteiger partial charge in [-0.1, -0.05) is 32.4 Å². The van der Waals surface area contributed by atoms with Crippen LogP contribution in [0.2, 0.25) is 0 Å². The summed E-state index contributed by atoms with van der Waals surface area (Å²) in [5.74, 6) is 0.882. The molecule has 16 heavy (non-hydrogen) atoms. The third-order valence-electron chi connectivity index (χ3n) is 4.54. The highest BCUT2D eigenvalue weighted by Crippen LogP contribution is 2.45. The molecule has 0 radical (unpaired) electrons. The molecule has 1 aliphatic heterocycles. The molecular formula is C15H26O. The Balaban J connectivity index is 1.97. The van der Waals surface area contributed by atoms with Gasteiger partial charge in [0.2, 0.25) is 0 Å². The van der Waals surface area contributed by atoms with E-state index in [0.717, 1.165) is 12.5 Å². The van der Waals surface area contributed by atoms with Crippen LogP contribution in [0.5, 0.6) is 0 Å². The normalized spacial score (nSPS) is 36.2. The summed E-state index contributed by atoms with van der Waals surface area (Å²) < 4.78 is 6.06. The van der Waals surface area contributed by atoms with Crippen LogP contribution < -0.4 is 0 Å². The fraction of sp³-hybridized carbons (Fsp3) is 0.867. The molecule has 0 N–H and O–H groups in total. The smallest absolute Gasteiger partial charge is 0.0723 e. The van der Waals surface area contributed by atoms with Gasteiger partial charge in [0.05, 0.1) is 12.2 Å². The molecule has 0 saturated heterocycles. The predicted octanol–water partition coefficient (Wildman–Crippen LogP) is 4.33. The SMILES string of the molecule is CC1=CCOC2(CCC(C(C)(C)C)CC2)C1. The molecule has 0 amide bonds. The highest BCUT2D eigenvalue weighted by molar-refractivity contribution is 5.09. The first-order chi connectivity index (χ1) is 7.41. The quantitative estimate of drug-likeness (QED) is 0.554. The molecule has 0 aromatic carbocycles. The summed E-state index contributed by atoms with van der Waals surface area (Å²) >= 11 is 0. The van der Waals surface area contributed by atoms with Crippen LogP contribution in [0.15, 0.2) is 11.6 Å². The molecule has 2 rings (SSSR count). The van der Waals surface area contributed by atoms with E-state index in [-0.39, 0.29) is 5.60 Å². The van der Waals surface area contributed by atoms with E-state index >= 15 is 0 Å². The van der Waals surface area contributed by atoms with Gasteiger partial charge in [0, 0.05) is 0 Å². The van der Waals surface area contributed by atoms with Crippen molar-refractivity contribution < 1.29 is 4.74 Å². The molecule has 1 spiro atoms. The van der Waals surface area contributed by atoms with Gasteiger partial charge in [-0.25, -0.2) is 0 Å². The molecule has 0 aromatic rings. The zero-order valence-electron chi connectivity index (χ0n) is 11.3. The molecule has 1 saturated carbocycles. The summed E-state index contributed by atoms with van der Waals surface area (Å²) in [6.07, 6.45) is 8.62. The van der Waals surface area contributed by atoms with Crippen LogP contribution >= 0.6 is 0 Å². The Hall–Kier alpha value is -0.300.